The van der Waals surface area contributed by atoms with Crippen molar-refractivity contribution in [1.29, 1.82) is 0 Å². The minimum absolute atomic E-state index is 0.0156. The third kappa shape index (κ3) is 43.5. The molecule has 0 aliphatic carbocycles. The summed E-state index contributed by atoms with van der Waals surface area (Å²) in [7, 11) is 5.39. The Morgan fingerprint density at radius 1 is 0.500 bits per heavy atom. The maximum atomic E-state index is 12.8. The van der Waals surface area contributed by atoms with E-state index in [1.54, 1.807) is 21.1 Å². The number of rotatable bonds is 44. The number of ether oxygens (including phenoxy) is 3. The Hall–Kier alpha value is -3.75. The number of esters is 2. The first kappa shape index (κ1) is 60.2. The molecule has 64 heavy (non-hydrogen) atoms. The smallest absolute Gasteiger partial charge is 0.306 e. The number of carbonyl (C=O) groups is 3. The Bertz CT molecular complexity index is 1360. The monoisotopic (exact) mass is 892 g/mol. The van der Waals surface area contributed by atoms with Crippen LogP contribution < -0.4 is 5.11 Å². The highest BCUT2D eigenvalue weighted by Crippen LogP contribution is 2.14. The number of aliphatic carboxylic acids is 1. The number of likely N-dealkylation sites (N-methyl/N-ethyl adjacent to an activating group) is 1. The molecule has 0 aromatic heterocycles. The molecule has 0 aromatic carbocycles. The molecule has 0 heterocycles. The minimum Gasteiger partial charge on any atom is -0.544 e. The number of allylic oxidation sites excluding steroid dienone is 16. The van der Waals surface area contributed by atoms with Gasteiger partial charge in [0.2, 0.25) is 0 Å². The first-order valence-corrected chi connectivity index (χ1v) is 25.3. The largest absolute Gasteiger partial charge is 0.544 e. The van der Waals surface area contributed by atoms with Gasteiger partial charge in [-0.25, -0.2) is 0 Å². The zero-order chi connectivity index (χ0) is 47.0. The van der Waals surface area contributed by atoms with E-state index in [1.807, 2.05) is 0 Å². The van der Waals surface area contributed by atoms with Crippen molar-refractivity contribution >= 4 is 17.9 Å². The van der Waals surface area contributed by atoms with E-state index in [4.69, 9.17) is 14.2 Å². The summed E-state index contributed by atoms with van der Waals surface area (Å²) in [4.78, 5) is 37.0. The third-order valence-electron chi connectivity index (χ3n) is 10.7. The van der Waals surface area contributed by atoms with Crippen molar-refractivity contribution in [1.82, 2.24) is 0 Å². The maximum absolute atomic E-state index is 12.8. The molecule has 0 spiro atoms. The lowest BCUT2D eigenvalue weighted by molar-refractivity contribution is -0.889. The van der Waals surface area contributed by atoms with Gasteiger partial charge in [0.25, 0.3) is 0 Å². The van der Waals surface area contributed by atoms with Crippen LogP contribution in [-0.4, -0.2) is 75.5 Å². The van der Waals surface area contributed by atoms with Crippen molar-refractivity contribution in [3.8, 4) is 0 Å². The molecule has 8 heteroatoms. The lowest BCUT2D eigenvalue weighted by atomic mass is 10.1. The van der Waals surface area contributed by atoms with Gasteiger partial charge in [-0.05, 0) is 83.5 Å². The van der Waals surface area contributed by atoms with Crippen molar-refractivity contribution in [2.45, 2.75) is 199 Å². The second-order valence-electron chi connectivity index (χ2n) is 17.7. The van der Waals surface area contributed by atoms with Crippen LogP contribution in [0.3, 0.4) is 0 Å². The van der Waals surface area contributed by atoms with Crippen LogP contribution in [0.4, 0.5) is 0 Å². The van der Waals surface area contributed by atoms with Gasteiger partial charge in [0.1, 0.15) is 12.6 Å². The quantitative estimate of drug-likeness (QED) is 0.0197. The molecule has 0 aromatic rings. The predicted molar refractivity (Wildman–Crippen MR) is 268 cm³/mol. The fraction of sp³-hybridized carbons (Fsp3) is 0.661. The van der Waals surface area contributed by atoms with Gasteiger partial charge in [-0.3, -0.25) is 9.59 Å². The van der Waals surface area contributed by atoms with Crippen LogP contribution in [0.2, 0.25) is 0 Å². The molecule has 0 bridgehead atoms. The van der Waals surface area contributed by atoms with Gasteiger partial charge >= 0.3 is 11.9 Å². The van der Waals surface area contributed by atoms with E-state index in [-0.39, 0.29) is 49.1 Å². The lowest BCUT2D eigenvalue weighted by Crippen LogP contribution is -2.55. The molecular formula is C56H93NO7. The highest BCUT2D eigenvalue weighted by molar-refractivity contribution is 5.70. The van der Waals surface area contributed by atoms with Gasteiger partial charge in [-0.2, -0.15) is 0 Å². The Morgan fingerprint density at radius 3 is 1.42 bits per heavy atom. The number of carbonyl (C=O) groups excluding carboxylic acids is 3. The van der Waals surface area contributed by atoms with Crippen LogP contribution in [0.25, 0.3) is 0 Å². The molecule has 8 nitrogen and oxygen atoms in total. The van der Waals surface area contributed by atoms with Gasteiger partial charge in [0.15, 0.2) is 6.10 Å². The summed E-state index contributed by atoms with van der Waals surface area (Å²) in [6.07, 6.45) is 61.5. The van der Waals surface area contributed by atoms with Gasteiger partial charge in [0.05, 0.1) is 40.3 Å². The SMILES string of the molecule is CC/C=C/C/C=C/C/C=C/C/C=C/C/C=C/C/C=C/CCCC(=O)OCC(COCCC(C(=O)[O-])[N+](C)(C)C)OC(=O)CCCCCCCCCCCC/C=C/C=C/CCCCCC. The highest BCUT2D eigenvalue weighted by atomic mass is 16.6. The number of hydrogen-bond donors (Lipinski definition) is 0. The number of unbranched alkanes of at least 4 members (excludes halogenated alkanes) is 15. The number of nitrogens with zero attached hydrogens (tertiary/aromatic N) is 1. The van der Waals surface area contributed by atoms with Gasteiger partial charge < -0.3 is 28.6 Å². The molecule has 0 radical (unpaired) electrons. The molecular weight excluding hydrogens is 799 g/mol. The van der Waals surface area contributed by atoms with E-state index < -0.39 is 18.1 Å². The van der Waals surface area contributed by atoms with Crippen molar-refractivity contribution in [2.75, 3.05) is 41.0 Å². The van der Waals surface area contributed by atoms with Crippen LogP contribution >= 0.6 is 0 Å². The fourth-order valence-corrected chi connectivity index (χ4v) is 6.84. The first-order valence-electron chi connectivity index (χ1n) is 25.3. The summed E-state index contributed by atoms with van der Waals surface area (Å²) in [5, 5.41) is 11.7. The van der Waals surface area contributed by atoms with E-state index in [0.29, 0.717) is 12.8 Å². The Morgan fingerprint density at radius 2 is 0.938 bits per heavy atom. The molecule has 2 unspecified atom stereocenters. The molecule has 0 saturated heterocycles. The normalized spacial score (nSPS) is 13.7. The summed E-state index contributed by atoms with van der Waals surface area (Å²) in [6.45, 7) is 4.46. The van der Waals surface area contributed by atoms with E-state index >= 15 is 0 Å². The molecule has 2 atom stereocenters. The Kier molecular flexibility index (Phi) is 43.1. The number of carboxylic acid groups (broad SMARTS) is 1. The Labute approximate surface area is 392 Å². The Balaban J connectivity index is 4.38. The average Bonchev–Trinajstić information content (AvgIpc) is 3.26. The summed E-state index contributed by atoms with van der Waals surface area (Å²) in [6, 6.07) is -0.741. The van der Waals surface area contributed by atoms with Crippen LogP contribution in [0.5, 0.6) is 0 Å². The summed E-state index contributed by atoms with van der Waals surface area (Å²) >= 11 is 0. The zero-order valence-electron chi connectivity index (χ0n) is 41.4. The molecule has 0 fully saturated rings. The third-order valence-corrected chi connectivity index (χ3v) is 10.7. The maximum Gasteiger partial charge on any atom is 0.306 e. The van der Waals surface area contributed by atoms with Gasteiger partial charge in [-0.1, -0.05) is 182 Å². The first-order chi connectivity index (χ1) is 31.1. The average molecular weight is 892 g/mol. The van der Waals surface area contributed by atoms with Crippen molar-refractivity contribution in [2.24, 2.45) is 0 Å². The van der Waals surface area contributed by atoms with E-state index in [0.717, 1.165) is 70.6 Å². The van der Waals surface area contributed by atoms with Crippen LogP contribution in [0.15, 0.2) is 97.2 Å². The van der Waals surface area contributed by atoms with E-state index in [9.17, 15) is 19.5 Å². The number of carboxylic acids is 1. The standard InChI is InChI=1S/C56H93NO7/c1-6-8-10-12-14-16-18-20-22-24-26-28-30-32-34-36-38-40-42-44-46-54(58)63-51-52(50-62-49-48-53(56(60)61)57(3,4)5)64-55(59)47-45-43-41-39-37-35-33-31-29-27-25-23-21-19-17-15-13-11-9-7-2/h8,10,14,16-17,19-23,26,28,32,34,38,40,52-53H,6-7,9,11-13,15,18,24-25,27,29-31,33,35-37,39,41-51H2,1-5H3/b10-8+,16-14+,19-17+,22-20+,23-21+,28-26+,34-32+,40-38+. The fourth-order valence-electron chi connectivity index (χ4n) is 6.84. The second-order valence-corrected chi connectivity index (χ2v) is 17.7. The highest BCUT2D eigenvalue weighted by Gasteiger charge is 2.25. The zero-order valence-corrected chi connectivity index (χ0v) is 41.4. The number of hydrogen-bond acceptors (Lipinski definition) is 7. The van der Waals surface area contributed by atoms with Crippen molar-refractivity contribution < 1.29 is 38.2 Å². The topological polar surface area (TPSA) is 102 Å². The van der Waals surface area contributed by atoms with E-state index in [1.165, 1.54) is 77.0 Å². The minimum atomic E-state index is -1.14. The molecule has 0 N–H and O–H groups in total. The summed E-state index contributed by atoms with van der Waals surface area (Å²) in [5.74, 6) is -1.82. The molecule has 0 rings (SSSR count). The van der Waals surface area contributed by atoms with Gasteiger partial charge in [-0.15, -0.1) is 0 Å². The van der Waals surface area contributed by atoms with Crippen molar-refractivity contribution in [3.05, 3.63) is 97.2 Å². The summed E-state index contributed by atoms with van der Waals surface area (Å²) < 4.78 is 17.2. The molecule has 0 amide bonds. The van der Waals surface area contributed by atoms with Crippen LogP contribution in [0, 0.1) is 0 Å². The summed E-state index contributed by atoms with van der Waals surface area (Å²) in [5.41, 5.74) is 0. The molecule has 0 saturated carbocycles. The van der Waals surface area contributed by atoms with E-state index in [2.05, 4.69) is 111 Å². The van der Waals surface area contributed by atoms with Crippen LogP contribution in [0.1, 0.15) is 187 Å². The lowest BCUT2D eigenvalue weighted by Gasteiger charge is -2.34. The molecule has 0 aliphatic heterocycles. The molecule has 0 aliphatic rings. The molecule has 364 valence electrons. The second kappa shape index (κ2) is 45.8. The van der Waals surface area contributed by atoms with Crippen LogP contribution in [-0.2, 0) is 28.6 Å². The predicted octanol–water partition coefficient (Wildman–Crippen LogP) is 13.3. The van der Waals surface area contributed by atoms with Gasteiger partial charge in [0, 0.05) is 19.3 Å². The number of quaternary nitrogens is 1. The van der Waals surface area contributed by atoms with Crippen molar-refractivity contribution in [3.63, 3.8) is 0 Å².